The fourth-order valence-electron chi connectivity index (χ4n) is 2.92. The van der Waals surface area contributed by atoms with E-state index in [1.807, 2.05) is 20.8 Å². The monoisotopic (exact) mass is 330 g/mol. The molecule has 0 bridgehead atoms. The number of tetrazole rings is 1. The van der Waals surface area contributed by atoms with Gasteiger partial charge in [0, 0.05) is 18.8 Å². The Hall–Kier alpha value is -2.77. The Morgan fingerprint density at radius 2 is 1.96 bits per heavy atom. The Morgan fingerprint density at radius 1 is 1.29 bits per heavy atom. The van der Waals surface area contributed by atoms with Gasteiger partial charge in [0.05, 0.1) is 5.57 Å². The van der Waals surface area contributed by atoms with E-state index in [0.29, 0.717) is 30.3 Å². The molecule has 1 amide bonds. The molecule has 7 nitrogen and oxygen atoms in total. The average Bonchev–Trinajstić information content (AvgIpc) is 3.03. The summed E-state index contributed by atoms with van der Waals surface area (Å²) in [6, 6.07) is 5.55. The van der Waals surface area contributed by atoms with Gasteiger partial charge in [-0.1, -0.05) is 17.2 Å². The molecular weight excluding hydrogens is 311 g/mol. The number of likely N-dealkylation sites (N-methyl/N-ethyl adjacent to an activating group) is 1. The lowest BCUT2D eigenvalue weighted by atomic mass is 9.94. The molecule has 0 saturated carbocycles. The van der Waals surface area contributed by atoms with Gasteiger partial charge < -0.3 is 10.2 Å². The van der Waals surface area contributed by atoms with E-state index in [2.05, 4.69) is 20.8 Å². The van der Waals surface area contributed by atoms with Gasteiger partial charge in [-0.15, -0.1) is 0 Å². The third kappa shape index (κ3) is 2.64. The predicted molar refractivity (Wildman–Crippen MR) is 86.6 cm³/mol. The molecule has 2 aromatic rings. The van der Waals surface area contributed by atoms with Crippen LogP contribution in [0.4, 0.5) is 10.3 Å². The van der Waals surface area contributed by atoms with Crippen LogP contribution in [0.1, 0.15) is 32.4 Å². The lowest BCUT2D eigenvalue weighted by Crippen LogP contribution is -2.38. The summed E-state index contributed by atoms with van der Waals surface area (Å²) >= 11 is 0. The molecule has 24 heavy (non-hydrogen) atoms. The first-order chi connectivity index (χ1) is 11.6. The molecule has 1 aromatic heterocycles. The Kier molecular flexibility index (Phi) is 4.28. The van der Waals surface area contributed by atoms with Crippen LogP contribution in [0.5, 0.6) is 0 Å². The summed E-state index contributed by atoms with van der Waals surface area (Å²) in [5.41, 5.74) is 2.01. The number of fused-ring (bicyclic) bond motifs is 1. The average molecular weight is 330 g/mol. The molecule has 3 rings (SSSR count). The second-order valence-corrected chi connectivity index (χ2v) is 5.54. The fraction of sp³-hybridized carbons (Fsp3) is 0.375. The summed E-state index contributed by atoms with van der Waals surface area (Å²) in [5.74, 6) is 0.0420. The van der Waals surface area contributed by atoms with Gasteiger partial charge in [-0.05, 0) is 48.9 Å². The van der Waals surface area contributed by atoms with E-state index in [9.17, 15) is 9.18 Å². The van der Waals surface area contributed by atoms with E-state index in [4.69, 9.17) is 0 Å². The van der Waals surface area contributed by atoms with E-state index >= 15 is 0 Å². The third-order valence-corrected chi connectivity index (χ3v) is 4.18. The summed E-state index contributed by atoms with van der Waals surface area (Å²) in [5, 5.41) is 14.7. The zero-order valence-corrected chi connectivity index (χ0v) is 13.8. The quantitative estimate of drug-likeness (QED) is 0.927. The lowest BCUT2D eigenvalue weighted by Gasteiger charge is -2.31. The maximum Gasteiger partial charge on any atom is 0.254 e. The molecule has 0 spiro atoms. The van der Waals surface area contributed by atoms with Crippen molar-refractivity contribution in [2.45, 2.75) is 26.8 Å². The predicted octanol–water partition coefficient (Wildman–Crippen LogP) is 1.97. The number of nitrogens with one attached hydrogen (secondary N) is 1. The number of carbonyl (C=O) groups excluding carboxylic acids is 1. The molecule has 8 heteroatoms. The molecule has 0 radical (unpaired) electrons. The van der Waals surface area contributed by atoms with Crippen LogP contribution in [-0.2, 0) is 4.79 Å². The van der Waals surface area contributed by atoms with Gasteiger partial charge >= 0.3 is 0 Å². The maximum absolute atomic E-state index is 13.3. The molecule has 126 valence electrons. The number of amides is 1. The summed E-state index contributed by atoms with van der Waals surface area (Å²) < 4.78 is 14.9. The molecule has 2 heterocycles. The normalized spacial score (nSPS) is 16.6. The number of benzene rings is 1. The molecule has 1 N–H and O–H groups in total. The number of rotatable bonds is 4. The highest BCUT2D eigenvalue weighted by Crippen LogP contribution is 2.35. The van der Waals surface area contributed by atoms with E-state index in [1.165, 1.54) is 12.1 Å². The van der Waals surface area contributed by atoms with Crippen molar-refractivity contribution in [1.82, 2.24) is 25.1 Å². The second kappa shape index (κ2) is 6.38. The van der Waals surface area contributed by atoms with E-state index < -0.39 is 6.04 Å². The van der Waals surface area contributed by atoms with Crippen LogP contribution >= 0.6 is 0 Å². The van der Waals surface area contributed by atoms with Crippen molar-refractivity contribution in [1.29, 1.82) is 0 Å². The molecule has 0 fully saturated rings. The second-order valence-electron chi connectivity index (χ2n) is 5.54. The lowest BCUT2D eigenvalue weighted by molar-refractivity contribution is -0.127. The van der Waals surface area contributed by atoms with Gasteiger partial charge in [0.15, 0.2) is 0 Å². The fourth-order valence-corrected chi connectivity index (χ4v) is 2.92. The van der Waals surface area contributed by atoms with Crippen LogP contribution in [-0.4, -0.2) is 44.1 Å². The summed E-state index contributed by atoms with van der Waals surface area (Å²) in [7, 11) is 0. The molecule has 1 atom stereocenters. The highest BCUT2D eigenvalue weighted by atomic mass is 19.1. The van der Waals surface area contributed by atoms with E-state index in [-0.39, 0.29) is 11.7 Å². The number of carbonyl (C=O) groups is 1. The first kappa shape index (κ1) is 16.1. The molecule has 0 saturated heterocycles. The molecule has 1 aliphatic rings. The van der Waals surface area contributed by atoms with Crippen molar-refractivity contribution in [2.75, 3.05) is 18.4 Å². The van der Waals surface area contributed by atoms with Gasteiger partial charge in [0.25, 0.3) is 5.91 Å². The summed E-state index contributed by atoms with van der Waals surface area (Å²) in [6.45, 7) is 6.90. The number of halogens is 1. The van der Waals surface area contributed by atoms with Crippen molar-refractivity contribution in [2.24, 2.45) is 0 Å². The number of allylic oxidation sites excluding steroid dienone is 1. The van der Waals surface area contributed by atoms with Gasteiger partial charge in [-0.3, -0.25) is 4.79 Å². The molecule has 0 aliphatic carbocycles. The Balaban J connectivity index is 2.13. The van der Waals surface area contributed by atoms with Crippen LogP contribution in [0.15, 0.2) is 35.5 Å². The van der Waals surface area contributed by atoms with Gasteiger partial charge in [0.2, 0.25) is 5.95 Å². The number of hydrogen-bond donors (Lipinski definition) is 1. The minimum Gasteiger partial charge on any atom is -0.339 e. The number of hydrogen-bond acceptors (Lipinski definition) is 5. The minimum atomic E-state index is -0.495. The third-order valence-electron chi connectivity index (χ3n) is 4.18. The number of aromatic nitrogens is 4. The van der Waals surface area contributed by atoms with Crippen molar-refractivity contribution in [3.05, 3.63) is 46.9 Å². The SMILES string of the molecule is CCN(CC)C(=O)C1=C(C)Nc2nnnn2C1c1ccc(F)cc1. The van der Waals surface area contributed by atoms with Crippen LogP contribution in [0.25, 0.3) is 0 Å². The highest BCUT2D eigenvalue weighted by molar-refractivity contribution is 5.96. The molecule has 1 unspecified atom stereocenters. The zero-order valence-electron chi connectivity index (χ0n) is 13.8. The van der Waals surface area contributed by atoms with E-state index in [0.717, 1.165) is 5.56 Å². The molecule has 1 aliphatic heterocycles. The van der Waals surface area contributed by atoms with E-state index in [1.54, 1.807) is 21.7 Å². The summed E-state index contributed by atoms with van der Waals surface area (Å²) in [4.78, 5) is 14.8. The van der Waals surface area contributed by atoms with Crippen molar-refractivity contribution in [3.8, 4) is 0 Å². The van der Waals surface area contributed by atoms with Crippen LogP contribution in [0.3, 0.4) is 0 Å². The van der Waals surface area contributed by atoms with Crippen molar-refractivity contribution in [3.63, 3.8) is 0 Å². The first-order valence-corrected chi connectivity index (χ1v) is 7.87. The van der Waals surface area contributed by atoms with Crippen molar-refractivity contribution >= 4 is 11.9 Å². The molecule has 1 aromatic carbocycles. The van der Waals surface area contributed by atoms with Crippen LogP contribution in [0.2, 0.25) is 0 Å². The summed E-state index contributed by atoms with van der Waals surface area (Å²) in [6.07, 6.45) is 0. The van der Waals surface area contributed by atoms with Gasteiger partial charge in [-0.25, -0.2) is 4.39 Å². The standard InChI is InChI=1S/C16H19FN6O/c1-4-22(5-2)15(24)13-10(3)18-16-19-20-21-23(16)14(13)11-6-8-12(17)9-7-11/h6-9,14H,4-5H2,1-3H3,(H,18,19,21). The van der Waals surface area contributed by atoms with Gasteiger partial charge in [0.1, 0.15) is 11.9 Å². The molecular formula is C16H19FN6O. The smallest absolute Gasteiger partial charge is 0.254 e. The van der Waals surface area contributed by atoms with Crippen LogP contribution in [0, 0.1) is 5.82 Å². The number of nitrogens with zero attached hydrogens (tertiary/aromatic N) is 5. The minimum absolute atomic E-state index is 0.0829. The van der Waals surface area contributed by atoms with Crippen LogP contribution < -0.4 is 5.32 Å². The zero-order chi connectivity index (χ0) is 17.3. The Labute approximate surface area is 139 Å². The largest absolute Gasteiger partial charge is 0.339 e. The number of anilines is 1. The maximum atomic E-state index is 13.3. The topological polar surface area (TPSA) is 75.9 Å². The Bertz CT molecular complexity index is 778. The van der Waals surface area contributed by atoms with Gasteiger partial charge in [-0.2, -0.15) is 4.68 Å². The highest BCUT2D eigenvalue weighted by Gasteiger charge is 2.35. The first-order valence-electron chi connectivity index (χ1n) is 7.87. The Morgan fingerprint density at radius 3 is 2.58 bits per heavy atom. The van der Waals surface area contributed by atoms with Crippen molar-refractivity contribution < 1.29 is 9.18 Å².